The molecule has 4 aromatic heterocycles. The van der Waals surface area contributed by atoms with E-state index < -0.39 is 0 Å². The van der Waals surface area contributed by atoms with Gasteiger partial charge in [0.05, 0.1) is 16.6 Å². The predicted molar refractivity (Wildman–Crippen MR) is 108 cm³/mol. The summed E-state index contributed by atoms with van der Waals surface area (Å²) < 4.78 is 8.36. The zero-order valence-corrected chi connectivity index (χ0v) is 17.1. The molecule has 4 aromatic rings. The maximum atomic E-state index is 5.25. The molecule has 4 heterocycles. The maximum absolute atomic E-state index is 5.25. The van der Waals surface area contributed by atoms with Crippen molar-refractivity contribution in [3.05, 3.63) is 34.5 Å². The van der Waals surface area contributed by atoms with Crippen molar-refractivity contribution in [1.82, 2.24) is 19.6 Å². The van der Waals surface area contributed by atoms with Crippen molar-refractivity contribution in [1.29, 1.82) is 0 Å². The Bertz CT molecular complexity index is 1030. The fourth-order valence-electron chi connectivity index (χ4n) is 3.22. The van der Waals surface area contributed by atoms with Crippen LogP contribution in [0.4, 0.5) is 0 Å². The normalized spacial score (nSPS) is 13.1. The van der Waals surface area contributed by atoms with Crippen LogP contribution in [-0.4, -0.2) is 33.3 Å². The van der Waals surface area contributed by atoms with Gasteiger partial charge in [-0.15, -0.1) is 22.7 Å². The molecule has 0 saturated heterocycles. The molecule has 0 N–H and O–H groups in total. The molecule has 0 aromatic carbocycles. The van der Waals surface area contributed by atoms with Crippen LogP contribution < -0.4 is 0 Å². The highest BCUT2D eigenvalue weighted by atomic mass is 32.1. The highest BCUT2D eigenvalue weighted by Crippen LogP contribution is 2.39. The Labute approximate surface area is 160 Å². The summed E-state index contributed by atoms with van der Waals surface area (Å²) in [5.74, 6) is 0.551. The molecule has 0 fully saturated rings. The molecule has 0 bridgehead atoms. The van der Waals surface area contributed by atoms with Gasteiger partial charge in [-0.2, -0.15) is 5.10 Å². The molecule has 0 amide bonds. The quantitative estimate of drug-likeness (QED) is 0.456. The van der Waals surface area contributed by atoms with E-state index in [1.165, 1.54) is 9.58 Å². The second-order valence-electron chi connectivity index (χ2n) is 6.59. The van der Waals surface area contributed by atoms with Crippen LogP contribution in [0.1, 0.15) is 41.8 Å². The number of thiazole rings is 1. The summed E-state index contributed by atoms with van der Waals surface area (Å²) in [6, 6.07) is 4.39. The first-order valence-electron chi connectivity index (χ1n) is 8.82. The molecule has 1 atom stereocenters. The van der Waals surface area contributed by atoms with E-state index in [1.807, 2.05) is 17.6 Å². The summed E-state index contributed by atoms with van der Waals surface area (Å²) in [7, 11) is 1.77. The molecule has 1 unspecified atom stereocenters. The topological polar surface area (TPSA) is 52.3 Å². The molecule has 0 aliphatic rings. The average Bonchev–Trinajstić information content (AvgIpc) is 3.27. The van der Waals surface area contributed by atoms with Crippen molar-refractivity contribution in [3.63, 3.8) is 0 Å². The van der Waals surface area contributed by atoms with Crippen LogP contribution >= 0.6 is 22.7 Å². The third-order valence-corrected chi connectivity index (χ3v) is 6.97. The summed E-state index contributed by atoms with van der Waals surface area (Å²) in [5, 5.41) is 5.68. The van der Waals surface area contributed by atoms with E-state index >= 15 is 0 Å². The third kappa shape index (κ3) is 3.15. The van der Waals surface area contributed by atoms with Crippen LogP contribution in [0.3, 0.4) is 0 Å². The summed E-state index contributed by atoms with van der Waals surface area (Å²) in [6.45, 7) is 7.10. The first-order chi connectivity index (χ1) is 12.6. The van der Waals surface area contributed by atoms with Crippen molar-refractivity contribution in [2.45, 2.75) is 39.5 Å². The van der Waals surface area contributed by atoms with Gasteiger partial charge in [0.2, 0.25) is 0 Å². The number of aromatic nitrogens is 4. The Morgan fingerprint density at radius 1 is 1.19 bits per heavy atom. The first-order valence-corrected chi connectivity index (χ1v) is 10.5. The lowest BCUT2D eigenvalue weighted by Gasteiger charge is -2.11. The van der Waals surface area contributed by atoms with Crippen LogP contribution in [0.2, 0.25) is 0 Å². The van der Waals surface area contributed by atoms with Gasteiger partial charge in [-0.25, -0.2) is 14.5 Å². The van der Waals surface area contributed by atoms with E-state index in [0.29, 0.717) is 5.92 Å². The van der Waals surface area contributed by atoms with Crippen molar-refractivity contribution < 1.29 is 4.74 Å². The van der Waals surface area contributed by atoms with E-state index in [2.05, 4.69) is 31.0 Å². The van der Waals surface area contributed by atoms with Crippen molar-refractivity contribution in [2.75, 3.05) is 13.7 Å². The highest BCUT2D eigenvalue weighted by molar-refractivity contribution is 7.28. The lowest BCUT2D eigenvalue weighted by atomic mass is 10.0. The van der Waals surface area contributed by atoms with Crippen molar-refractivity contribution in [2.24, 2.45) is 0 Å². The van der Waals surface area contributed by atoms with Crippen LogP contribution in [-0.2, 0) is 4.74 Å². The Morgan fingerprint density at radius 3 is 2.77 bits per heavy atom. The zero-order chi connectivity index (χ0) is 18.3. The Hall–Kier alpha value is -1.83. The fourth-order valence-corrected chi connectivity index (χ4v) is 5.62. The van der Waals surface area contributed by atoms with Gasteiger partial charge in [-0.1, -0.05) is 6.92 Å². The number of hydrogen-bond donors (Lipinski definition) is 0. The fraction of sp³-hybridized carbons (Fsp3) is 0.421. The number of aryl methyl sites for hydroxylation is 2. The monoisotopic (exact) mass is 386 g/mol. The molecule has 5 nitrogen and oxygen atoms in total. The second kappa shape index (κ2) is 7.06. The molecule has 136 valence electrons. The largest absolute Gasteiger partial charge is 0.385 e. The van der Waals surface area contributed by atoms with E-state index in [0.717, 1.165) is 51.9 Å². The zero-order valence-electron chi connectivity index (χ0n) is 15.4. The molecular weight excluding hydrogens is 364 g/mol. The van der Waals surface area contributed by atoms with Crippen LogP contribution in [0.25, 0.3) is 25.9 Å². The first kappa shape index (κ1) is 17.6. The molecule has 0 aliphatic heterocycles. The lowest BCUT2D eigenvalue weighted by Crippen LogP contribution is -1.99. The number of imidazole rings is 1. The van der Waals surface area contributed by atoms with Gasteiger partial charge >= 0.3 is 0 Å². The molecule has 4 rings (SSSR count). The van der Waals surface area contributed by atoms with Gasteiger partial charge in [-0.3, -0.25) is 0 Å². The van der Waals surface area contributed by atoms with Crippen molar-refractivity contribution >= 4 is 37.9 Å². The van der Waals surface area contributed by atoms with Gasteiger partial charge in [0.25, 0.3) is 0 Å². The molecule has 0 radical (unpaired) electrons. The number of thiophene rings is 1. The molecule has 0 saturated carbocycles. The molecular formula is C19H22N4OS2. The molecule has 7 heteroatoms. The summed E-state index contributed by atoms with van der Waals surface area (Å²) in [5.41, 5.74) is 3.92. The summed E-state index contributed by atoms with van der Waals surface area (Å²) in [6.07, 6.45) is 4.15. The Balaban J connectivity index is 1.69. The lowest BCUT2D eigenvalue weighted by molar-refractivity contribution is 0.187. The van der Waals surface area contributed by atoms with E-state index in [9.17, 15) is 0 Å². The summed E-state index contributed by atoms with van der Waals surface area (Å²) >= 11 is 3.52. The Kier molecular flexibility index (Phi) is 4.77. The van der Waals surface area contributed by atoms with E-state index in [1.54, 1.807) is 29.8 Å². The van der Waals surface area contributed by atoms with Crippen LogP contribution in [0.15, 0.2) is 18.3 Å². The minimum absolute atomic E-state index is 0.551. The highest BCUT2D eigenvalue weighted by Gasteiger charge is 2.17. The van der Waals surface area contributed by atoms with Crippen LogP contribution in [0.5, 0.6) is 0 Å². The molecule has 0 spiro atoms. The second-order valence-corrected chi connectivity index (χ2v) is 8.68. The number of fused-ring (bicyclic) bond motifs is 2. The van der Waals surface area contributed by atoms with E-state index in [-0.39, 0.29) is 0 Å². The minimum Gasteiger partial charge on any atom is -0.385 e. The van der Waals surface area contributed by atoms with Gasteiger partial charge < -0.3 is 4.74 Å². The number of hydrogen-bond acceptors (Lipinski definition) is 6. The van der Waals surface area contributed by atoms with E-state index in [4.69, 9.17) is 14.8 Å². The number of methoxy groups -OCH3 is 1. The number of ether oxygens (including phenoxy) is 1. The smallest absolute Gasteiger partial charge is 0.156 e. The predicted octanol–water partition coefficient (Wildman–Crippen LogP) is 5.21. The summed E-state index contributed by atoms with van der Waals surface area (Å²) in [4.78, 5) is 11.9. The van der Waals surface area contributed by atoms with Gasteiger partial charge in [0.1, 0.15) is 15.5 Å². The Morgan fingerprint density at radius 2 is 2.04 bits per heavy atom. The maximum Gasteiger partial charge on any atom is 0.156 e. The number of rotatable bonds is 6. The SMILES string of the molecule is CCC(CCOC)c1cc2sc(-c3cc(C)c4nc(C)cn4n3)nc2s1. The third-order valence-electron chi connectivity index (χ3n) is 4.62. The number of nitrogens with zero attached hydrogens (tertiary/aromatic N) is 4. The van der Waals surface area contributed by atoms with Crippen molar-refractivity contribution in [3.8, 4) is 10.7 Å². The van der Waals surface area contributed by atoms with Gasteiger partial charge in [0.15, 0.2) is 5.65 Å². The molecule has 26 heavy (non-hydrogen) atoms. The molecule has 0 aliphatic carbocycles. The van der Waals surface area contributed by atoms with Crippen LogP contribution in [0, 0.1) is 13.8 Å². The minimum atomic E-state index is 0.551. The van der Waals surface area contributed by atoms with Gasteiger partial charge in [-0.05, 0) is 50.3 Å². The average molecular weight is 387 g/mol. The van der Waals surface area contributed by atoms with Gasteiger partial charge in [0, 0.05) is 18.6 Å². The standard InChI is InChI=1S/C19H22N4OS2/c1-5-13(6-7-24-4)15-9-16-19(25-15)21-18(26-16)14-8-11(2)17-20-12(3)10-23(17)22-14/h8-10,13H,5-7H2,1-4H3.